The number of nitrogen functional groups attached to an aromatic ring is 1. The third-order valence-corrected chi connectivity index (χ3v) is 4.46. The van der Waals surface area contributed by atoms with Gasteiger partial charge >= 0.3 is 5.95 Å². The summed E-state index contributed by atoms with van der Waals surface area (Å²) < 4.78 is 4.93. The van der Waals surface area contributed by atoms with Crippen molar-refractivity contribution in [1.29, 1.82) is 0 Å². The SMILES string of the molecule is CCCn1c(N)[n+](CC(=O)c2ccc(Br)cc2)c2ccccc21.[Br-]. The topological polar surface area (TPSA) is 51.9 Å². The molecule has 4 nitrogen and oxygen atoms in total. The van der Waals surface area contributed by atoms with Gasteiger partial charge in [-0.25, -0.2) is 9.13 Å². The van der Waals surface area contributed by atoms with Crippen LogP contribution in [0.4, 0.5) is 5.95 Å². The summed E-state index contributed by atoms with van der Waals surface area (Å²) >= 11 is 3.39. The number of para-hydroxylation sites is 2. The number of anilines is 1. The molecule has 0 saturated carbocycles. The van der Waals surface area contributed by atoms with E-state index in [1.165, 1.54) is 0 Å². The summed E-state index contributed by atoms with van der Waals surface area (Å²) in [6.07, 6.45) is 0.990. The molecule has 126 valence electrons. The average molecular weight is 453 g/mol. The lowest BCUT2D eigenvalue weighted by atomic mass is 10.1. The van der Waals surface area contributed by atoms with Crippen molar-refractivity contribution >= 4 is 38.7 Å². The van der Waals surface area contributed by atoms with Gasteiger partial charge in [0.1, 0.15) is 17.6 Å². The molecule has 0 fully saturated rings. The molecule has 0 aliphatic rings. The molecule has 0 radical (unpaired) electrons. The van der Waals surface area contributed by atoms with E-state index in [4.69, 9.17) is 5.73 Å². The second-order valence-corrected chi connectivity index (χ2v) is 6.43. The van der Waals surface area contributed by atoms with Crippen molar-refractivity contribution in [1.82, 2.24) is 4.57 Å². The number of Topliss-reactive ketones (excluding diaryl/α,β-unsaturated/α-hetero) is 1. The lowest BCUT2D eigenvalue weighted by Crippen LogP contribution is -3.00. The minimum absolute atomic E-state index is 0. The number of halogens is 2. The van der Waals surface area contributed by atoms with Crippen molar-refractivity contribution in [3.05, 3.63) is 58.6 Å². The van der Waals surface area contributed by atoms with Gasteiger partial charge in [-0.05, 0) is 30.7 Å². The molecule has 6 heteroatoms. The van der Waals surface area contributed by atoms with Gasteiger partial charge in [0.2, 0.25) is 0 Å². The van der Waals surface area contributed by atoms with Crippen LogP contribution in [-0.4, -0.2) is 10.4 Å². The lowest BCUT2D eigenvalue weighted by molar-refractivity contribution is -0.642. The average Bonchev–Trinajstić information content (AvgIpc) is 2.82. The van der Waals surface area contributed by atoms with Gasteiger partial charge in [-0.2, -0.15) is 0 Å². The summed E-state index contributed by atoms with van der Waals surface area (Å²) in [6.45, 7) is 3.20. The Labute approximate surface area is 160 Å². The van der Waals surface area contributed by atoms with Gasteiger partial charge in [-0.15, -0.1) is 0 Å². The Morgan fingerprint density at radius 3 is 2.50 bits per heavy atom. The van der Waals surface area contributed by atoms with Crippen molar-refractivity contribution in [2.75, 3.05) is 5.73 Å². The zero-order valence-electron chi connectivity index (χ0n) is 13.4. The van der Waals surface area contributed by atoms with E-state index in [1.807, 2.05) is 53.1 Å². The zero-order chi connectivity index (χ0) is 16.4. The fraction of sp³-hybridized carbons (Fsp3) is 0.222. The van der Waals surface area contributed by atoms with Gasteiger partial charge in [0.25, 0.3) is 0 Å². The molecular formula is C18H19Br2N3O. The fourth-order valence-electron chi connectivity index (χ4n) is 2.81. The predicted molar refractivity (Wildman–Crippen MR) is 95.3 cm³/mol. The van der Waals surface area contributed by atoms with Crippen molar-refractivity contribution in [3.63, 3.8) is 0 Å². The molecule has 24 heavy (non-hydrogen) atoms. The van der Waals surface area contributed by atoms with Gasteiger partial charge in [-0.3, -0.25) is 10.5 Å². The number of carbonyl (C=O) groups is 1. The van der Waals surface area contributed by atoms with Gasteiger partial charge in [-0.1, -0.05) is 47.1 Å². The highest BCUT2D eigenvalue weighted by atomic mass is 79.9. The molecule has 1 aromatic heterocycles. The quantitative estimate of drug-likeness (QED) is 0.454. The number of nitrogens with two attached hydrogens (primary N) is 1. The number of hydrogen-bond donors (Lipinski definition) is 1. The van der Waals surface area contributed by atoms with Gasteiger partial charge < -0.3 is 17.0 Å². The first-order valence-electron chi connectivity index (χ1n) is 7.67. The van der Waals surface area contributed by atoms with Crippen molar-refractivity contribution in [2.24, 2.45) is 0 Å². The van der Waals surface area contributed by atoms with Crippen LogP contribution in [0.1, 0.15) is 23.7 Å². The highest BCUT2D eigenvalue weighted by molar-refractivity contribution is 9.10. The standard InChI is InChI=1S/C18H18BrN3O.BrH/c1-2-11-21-15-5-3-4-6-16(15)22(18(21)20)12-17(23)13-7-9-14(19)10-8-13;/h3-10,20H,2,11-12H2,1H3;1H. The molecule has 2 N–H and O–H groups in total. The number of carbonyl (C=O) groups excluding carboxylic acids is 1. The highest BCUT2D eigenvalue weighted by Gasteiger charge is 2.22. The van der Waals surface area contributed by atoms with E-state index in [1.54, 1.807) is 0 Å². The van der Waals surface area contributed by atoms with Crippen LogP contribution < -0.4 is 27.3 Å². The Balaban J connectivity index is 0.00000208. The number of rotatable bonds is 5. The smallest absolute Gasteiger partial charge is 0.356 e. The molecule has 3 aromatic rings. The molecule has 0 aliphatic heterocycles. The Kier molecular flexibility index (Phi) is 6.18. The number of aryl methyl sites for hydroxylation is 1. The van der Waals surface area contributed by atoms with E-state index in [0.29, 0.717) is 11.5 Å². The molecular weight excluding hydrogens is 434 g/mol. The van der Waals surface area contributed by atoms with E-state index < -0.39 is 0 Å². The largest absolute Gasteiger partial charge is 1.00 e. The third-order valence-electron chi connectivity index (χ3n) is 3.93. The molecule has 1 heterocycles. The monoisotopic (exact) mass is 451 g/mol. The minimum atomic E-state index is 0. The summed E-state index contributed by atoms with van der Waals surface area (Å²) in [5.41, 5.74) is 9.06. The van der Waals surface area contributed by atoms with Crippen LogP contribution in [0.2, 0.25) is 0 Å². The van der Waals surface area contributed by atoms with Crippen LogP contribution in [0.5, 0.6) is 0 Å². The van der Waals surface area contributed by atoms with Gasteiger partial charge in [0.05, 0.1) is 6.54 Å². The Morgan fingerprint density at radius 2 is 1.83 bits per heavy atom. The van der Waals surface area contributed by atoms with Gasteiger partial charge in [0.15, 0.2) is 5.78 Å². The molecule has 0 saturated heterocycles. The lowest BCUT2D eigenvalue weighted by Gasteiger charge is -2.02. The maximum Gasteiger partial charge on any atom is 0.356 e. The maximum atomic E-state index is 12.6. The number of benzene rings is 2. The molecule has 0 bridgehead atoms. The normalized spacial score (nSPS) is 10.6. The Hall–Kier alpha value is -1.66. The van der Waals surface area contributed by atoms with E-state index >= 15 is 0 Å². The summed E-state index contributed by atoms with van der Waals surface area (Å²) in [6, 6.07) is 15.4. The van der Waals surface area contributed by atoms with Crippen molar-refractivity contribution in [3.8, 4) is 0 Å². The van der Waals surface area contributed by atoms with Crippen LogP contribution in [0.3, 0.4) is 0 Å². The van der Waals surface area contributed by atoms with E-state index in [2.05, 4.69) is 27.4 Å². The number of ketones is 1. The summed E-state index contributed by atoms with van der Waals surface area (Å²) in [5, 5.41) is 0. The number of fused-ring (bicyclic) bond motifs is 1. The van der Waals surface area contributed by atoms with E-state index in [0.717, 1.165) is 28.5 Å². The summed E-state index contributed by atoms with van der Waals surface area (Å²) in [7, 11) is 0. The first-order chi connectivity index (χ1) is 11.1. The summed E-state index contributed by atoms with van der Waals surface area (Å²) in [4.78, 5) is 12.6. The van der Waals surface area contributed by atoms with Crippen LogP contribution >= 0.6 is 15.9 Å². The molecule has 0 unspecified atom stereocenters. The van der Waals surface area contributed by atoms with E-state index in [-0.39, 0.29) is 29.3 Å². The van der Waals surface area contributed by atoms with Crippen LogP contribution in [0.25, 0.3) is 11.0 Å². The minimum Gasteiger partial charge on any atom is -1.00 e. The first-order valence-corrected chi connectivity index (χ1v) is 8.46. The first kappa shape index (κ1) is 18.7. The number of nitrogens with zero attached hydrogens (tertiary/aromatic N) is 2. The number of aromatic nitrogens is 2. The second-order valence-electron chi connectivity index (χ2n) is 5.51. The Bertz CT molecular complexity index is 857. The predicted octanol–water partition coefficient (Wildman–Crippen LogP) is 0.570. The molecule has 0 spiro atoms. The summed E-state index contributed by atoms with van der Waals surface area (Å²) in [5.74, 6) is 0.673. The highest BCUT2D eigenvalue weighted by Crippen LogP contribution is 2.17. The van der Waals surface area contributed by atoms with Crippen molar-refractivity contribution < 1.29 is 26.3 Å². The molecule has 0 amide bonds. The molecule has 0 aliphatic carbocycles. The zero-order valence-corrected chi connectivity index (χ0v) is 16.5. The number of imidazole rings is 1. The van der Waals surface area contributed by atoms with Gasteiger partial charge in [0, 0.05) is 10.0 Å². The second kappa shape index (κ2) is 7.94. The van der Waals surface area contributed by atoms with Crippen LogP contribution in [-0.2, 0) is 13.1 Å². The molecule has 0 atom stereocenters. The van der Waals surface area contributed by atoms with Crippen molar-refractivity contribution in [2.45, 2.75) is 26.4 Å². The maximum absolute atomic E-state index is 12.6. The number of hydrogen-bond acceptors (Lipinski definition) is 2. The van der Waals surface area contributed by atoms with Crippen LogP contribution in [0.15, 0.2) is 53.0 Å². The third kappa shape index (κ3) is 3.54. The fourth-order valence-corrected chi connectivity index (χ4v) is 3.07. The Morgan fingerprint density at radius 1 is 1.17 bits per heavy atom. The van der Waals surface area contributed by atoms with E-state index in [9.17, 15) is 4.79 Å². The molecule has 3 rings (SSSR count). The molecule has 2 aromatic carbocycles. The van der Waals surface area contributed by atoms with Crippen LogP contribution in [0, 0.1) is 0 Å².